The van der Waals surface area contributed by atoms with Gasteiger partial charge in [-0.2, -0.15) is 0 Å². The summed E-state index contributed by atoms with van der Waals surface area (Å²) in [5.74, 6) is 0.623. The number of likely N-dealkylation sites (N-methyl/N-ethyl adjacent to an activating group) is 1. The maximum absolute atomic E-state index is 13.6. The maximum atomic E-state index is 13.6. The summed E-state index contributed by atoms with van der Waals surface area (Å²) in [6.45, 7) is 6.39. The fourth-order valence-electron chi connectivity index (χ4n) is 3.51. The third kappa shape index (κ3) is 6.25. The lowest BCUT2D eigenvalue weighted by Gasteiger charge is -2.33. The Morgan fingerprint density at radius 3 is 2.65 bits per heavy atom. The van der Waals surface area contributed by atoms with Gasteiger partial charge in [-0.15, -0.1) is 0 Å². The molecule has 1 atom stereocenters. The smallest absolute Gasteiger partial charge is 0.191 e. The van der Waals surface area contributed by atoms with E-state index in [1.54, 1.807) is 19.2 Å². The van der Waals surface area contributed by atoms with E-state index in [9.17, 15) is 4.39 Å². The molecule has 0 aromatic heterocycles. The van der Waals surface area contributed by atoms with Gasteiger partial charge in [0, 0.05) is 32.7 Å². The number of nitrogens with zero attached hydrogens (tertiary/aromatic N) is 3. The summed E-state index contributed by atoms with van der Waals surface area (Å²) in [6.07, 6.45) is 3.50. The molecule has 1 heterocycles. The van der Waals surface area contributed by atoms with Crippen LogP contribution in [-0.4, -0.2) is 69.1 Å². The molecular weight excluding hydrogens is 329 g/mol. The molecule has 1 aromatic rings. The molecule has 26 heavy (non-hydrogen) atoms. The Morgan fingerprint density at radius 2 is 2.08 bits per heavy atom. The molecule has 1 fully saturated rings. The Hall–Kier alpha value is -1.66. The summed E-state index contributed by atoms with van der Waals surface area (Å²) in [4.78, 5) is 8.99. The minimum atomic E-state index is -0.198. The number of rotatable bonds is 7. The minimum Gasteiger partial charge on any atom is -0.354 e. The van der Waals surface area contributed by atoms with Crippen molar-refractivity contribution < 1.29 is 4.39 Å². The third-order valence-electron chi connectivity index (χ3n) is 5.01. The number of hydrogen-bond acceptors (Lipinski definition) is 3. The van der Waals surface area contributed by atoms with Gasteiger partial charge in [-0.3, -0.25) is 4.99 Å². The second kappa shape index (κ2) is 10.5. The highest BCUT2D eigenvalue weighted by Crippen LogP contribution is 2.18. The van der Waals surface area contributed by atoms with Crippen LogP contribution in [0.3, 0.4) is 0 Å². The number of aliphatic imine (C=N–C) groups is 1. The monoisotopic (exact) mass is 363 g/mol. The highest BCUT2D eigenvalue weighted by molar-refractivity contribution is 5.80. The number of guanidine groups is 1. The lowest BCUT2D eigenvalue weighted by atomic mass is 10.0. The second-order valence-electron chi connectivity index (χ2n) is 7.25. The minimum absolute atomic E-state index is 0.0793. The molecule has 2 rings (SSSR count). The van der Waals surface area contributed by atoms with Crippen molar-refractivity contribution in [1.82, 2.24) is 20.4 Å². The van der Waals surface area contributed by atoms with Crippen LogP contribution in [0.4, 0.5) is 4.39 Å². The van der Waals surface area contributed by atoms with Crippen molar-refractivity contribution in [3.05, 3.63) is 35.6 Å². The summed E-state index contributed by atoms with van der Waals surface area (Å²) in [5, 5.41) is 6.96. The Labute approximate surface area is 157 Å². The Balaban J connectivity index is 1.87. The standard InChI is InChI=1S/C20H34FN5/c1-5-11-26-12-9-18(10-13-26)24-20(22-2)23-15-19(25(3)4)16-7-6-8-17(21)14-16/h6-8,14,18-19H,5,9-13,15H2,1-4H3,(H2,22,23,24). The molecule has 0 saturated carbocycles. The molecule has 1 aromatic carbocycles. The second-order valence-corrected chi connectivity index (χ2v) is 7.25. The normalized spacial score (nSPS) is 18.2. The molecule has 0 radical (unpaired) electrons. The lowest BCUT2D eigenvalue weighted by Crippen LogP contribution is -2.49. The van der Waals surface area contributed by atoms with Crippen molar-refractivity contribution in [3.8, 4) is 0 Å². The molecule has 0 spiro atoms. The molecule has 6 heteroatoms. The van der Waals surface area contributed by atoms with Gasteiger partial charge >= 0.3 is 0 Å². The van der Waals surface area contributed by atoms with Crippen LogP contribution in [-0.2, 0) is 0 Å². The van der Waals surface area contributed by atoms with E-state index in [1.165, 1.54) is 19.0 Å². The summed E-state index contributed by atoms with van der Waals surface area (Å²) in [6, 6.07) is 7.35. The number of benzene rings is 1. The van der Waals surface area contributed by atoms with Crippen molar-refractivity contribution in [2.45, 2.75) is 38.3 Å². The fraction of sp³-hybridized carbons (Fsp3) is 0.650. The molecule has 146 valence electrons. The molecule has 2 N–H and O–H groups in total. The van der Waals surface area contributed by atoms with Gasteiger partial charge in [0.25, 0.3) is 0 Å². The zero-order chi connectivity index (χ0) is 18.9. The van der Waals surface area contributed by atoms with Gasteiger partial charge in [0.05, 0.1) is 6.04 Å². The zero-order valence-corrected chi connectivity index (χ0v) is 16.6. The van der Waals surface area contributed by atoms with Crippen LogP contribution in [0.15, 0.2) is 29.3 Å². The zero-order valence-electron chi connectivity index (χ0n) is 16.6. The van der Waals surface area contributed by atoms with Gasteiger partial charge < -0.3 is 20.4 Å². The van der Waals surface area contributed by atoms with Gasteiger partial charge in [0.2, 0.25) is 0 Å². The summed E-state index contributed by atoms with van der Waals surface area (Å²) in [7, 11) is 5.82. The van der Waals surface area contributed by atoms with Gasteiger partial charge in [-0.05, 0) is 57.6 Å². The summed E-state index contributed by atoms with van der Waals surface area (Å²) in [5.41, 5.74) is 0.964. The molecule has 0 bridgehead atoms. The van der Waals surface area contributed by atoms with Crippen molar-refractivity contribution in [1.29, 1.82) is 0 Å². The van der Waals surface area contributed by atoms with Crippen molar-refractivity contribution in [3.63, 3.8) is 0 Å². The molecule has 1 aliphatic heterocycles. The quantitative estimate of drug-likeness (QED) is 0.577. The SMILES string of the molecule is CCCN1CCC(NC(=NC)NCC(c2cccc(F)c2)N(C)C)CC1. The fourth-order valence-corrected chi connectivity index (χ4v) is 3.51. The van der Waals surface area contributed by atoms with E-state index in [0.29, 0.717) is 12.6 Å². The average Bonchev–Trinajstić information content (AvgIpc) is 2.62. The lowest BCUT2D eigenvalue weighted by molar-refractivity contribution is 0.206. The first-order valence-corrected chi connectivity index (χ1v) is 9.65. The first-order valence-electron chi connectivity index (χ1n) is 9.65. The molecule has 0 amide bonds. The first kappa shape index (κ1) is 20.6. The van der Waals surface area contributed by atoms with Crippen LogP contribution < -0.4 is 10.6 Å². The van der Waals surface area contributed by atoms with Crippen molar-refractivity contribution in [2.24, 2.45) is 4.99 Å². The van der Waals surface area contributed by atoms with E-state index in [0.717, 1.165) is 37.5 Å². The van der Waals surface area contributed by atoms with E-state index in [1.807, 2.05) is 20.2 Å². The molecule has 0 aliphatic carbocycles. The van der Waals surface area contributed by atoms with E-state index in [2.05, 4.69) is 32.3 Å². The summed E-state index contributed by atoms with van der Waals surface area (Å²) < 4.78 is 13.6. The van der Waals surface area contributed by atoms with Crippen LogP contribution in [0.2, 0.25) is 0 Å². The van der Waals surface area contributed by atoms with Crippen LogP contribution in [0.25, 0.3) is 0 Å². The molecule has 5 nitrogen and oxygen atoms in total. The highest BCUT2D eigenvalue weighted by Gasteiger charge is 2.20. The van der Waals surface area contributed by atoms with Crippen LogP contribution in [0.5, 0.6) is 0 Å². The Kier molecular flexibility index (Phi) is 8.32. The molecular formula is C20H34FN5. The third-order valence-corrected chi connectivity index (χ3v) is 5.01. The number of nitrogens with one attached hydrogen (secondary N) is 2. The molecule has 1 saturated heterocycles. The number of halogens is 1. The average molecular weight is 364 g/mol. The van der Waals surface area contributed by atoms with E-state index < -0.39 is 0 Å². The van der Waals surface area contributed by atoms with Gasteiger partial charge in [0.1, 0.15) is 5.82 Å². The Bertz CT molecular complexity index is 567. The van der Waals surface area contributed by atoms with Crippen molar-refractivity contribution >= 4 is 5.96 Å². The highest BCUT2D eigenvalue weighted by atomic mass is 19.1. The predicted molar refractivity (Wildman–Crippen MR) is 107 cm³/mol. The van der Waals surface area contributed by atoms with Gasteiger partial charge in [0.15, 0.2) is 5.96 Å². The number of piperidine rings is 1. The van der Waals surface area contributed by atoms with Gasteiger partial charge in [-0.1, -0.05) is 19.1 Å². The Morgan fingerprint density at radius 1 is 1.35 bits per heavy atom. The van der Waals surface area contributed by atoms with E-state index in [-0.39, 0.29) is 11.9 Å². The topological polar surface area (TPSA) is 42.9 Å². The number of hydrogen-bond donors (Lipinski definition) is 2. The number of likely N-dealkylation sites (tertiary alicyclic amines) is 1. The van der Waals surface area contributed by atoms with Gasteiger partial charge in [-0.25, -0.2) is 4.39 Å². The predicted octanol–water partition coefficient (Wildman–Crippen LogP) is 2.47. The summed E-state index contributed by atoms with van der Waals surface area (Å²) >= 11 is 0. The molecule has 1 aliphatic rings. The van der Waals surface area contributed by atoms with E-state index in [4.69, 9.17) is 0 Å². The van der Waals surface area contributed by atoms with Crippen molar-refractivity contribution in [2.75, 3.05) is 47.3 Å². The first-order chi connectivity index (χ1) is 12.5. The van der Waals surface area contributed by atoms with E-state index >= 15 is 0 Å². The van der Waals surface area contributed by atoms with Crippen LogP contribution in [0, 0.1) is 5.82 Å². The van der Waals surface area contributed by atoms with Crippen LogP contribution >= 0.6 is 0 Å². The largest absolute Gasteiger partial charge is 0.354 e. The maximum Gasteiger partial charge on any atom is 0.191 e. The molecule has 1 unspecified atom stereocenters. The van der Waals surface area contributed by atoms with Crippen LogP contribution in [0.1, 0.15) is 37.8 Å².